The zero-order valence-electron chi connectivity index (χ0n) is 5.53. The molecule has 74 valence electrons. The van der Waals surface area contributed by atoms with Crippen LogP contribution in [0.3, 0.4) is 0 Å². The first-order chi connectivity index (χ1) is 5.10. The average molecular weight is 216 g/mol. The summed E-state index contributed by atoms with van der Waals surface area (Å²) in [7, 11) is -3.01. The van der Waals surface area contributed by atoms with Crippen LogP contribution >= 0.6 is 8.38 Å². The highest BCUT2D eigenvalue weighted by Crippen LogP contribution is 2.45. The summed E-state index contributed by atoms with van der Waals surface area (Å²) in [6.07, 6.45) is -10.2. The van der Waals surface area contributed by atoms with Crippen LogP contribution in [-0.4, -0.2) is 19.4 Å². The molecule has 0 aliphatic carbocycles. The van der Waals surface area contributed by atoms with E-state index in [1.165, 1.54) is 0 Å². The van der Waals surface area contributed by atoms with Crippen LogP contribution in [0.25, 0.3) is 0 Å². The predicted octanol–water partition coefficient (Wildman–Crippen LogP) is 3.00. The molecule has 0 aliphatic heterocycles. The number of halogens is 6. The molecule has 0 spiro atoms. The zero-order valence-corrected chi connectivity index (χ0v) is 6.43. The van der Waals surface area contributed by atoms with Crippen molar-refractivity contribution in [1.82, 2.24) is 0 Å². The highest BCUT2D eigenvalue weighted by atomic mass is 31.2. The Balaban J connectivity index is 3.83. The van der Waals surface area contributed by atoms with Crippen molar-refractivity contribution in [3.8, 4) is 0 Å². The van der Waals surface area contributed by atoms with Crippen LogP contribution in [0.1, 0.15) is 0 Å². The fourth-order valence-corrected chi connectivity index (χ4v) is 0.931. The summed E-state index contributed by atoms with van der Waals surface area (Å²) in [6.45, 7) is 0.552. The third-order valence-electron chi connectivity index (χ3n) is 0.464. The van der Waals surface area contributed by atoms with Crippen molar-refractivity contribution in [2.45, 2.75) is 12.7 Å². The minimum atomic E-state index is -5.11. The Labute approximate surface area is 64.4 Å². The average Bonchev–Trinajstić information content (AvgIpc) is 1.49. The third-order valence-corrected chi connectivity index (χ3v) is 1.39. The first kappa shape index (κ1) is 11.9. The summed E-state index contributed by atoms with van der Waals surface area (Å²) in [5.74, 6) is 0. The highest BCUT2D eigenvalue weighted by molar-refractivity contribution is 7.46. The lowest BCUT2D eigenvalue weighted by atomic mass is 11.4. The molecule has 0 aromatic rings. The van der Waals surface area contributed by atoms with Crippen molar-refractivity contribution in [2.75, 3.05) is 6.66 Å². The van der Waals surface area contributed by atoms with E-state index in [4.69, 9.17) is 0 Å². The van der Waals surface area contributed by atoms with Gasteiger partial charge in [-0.15, -0.1) is 26.3 Å². The fraction of sp³-hybridized carbons (Fsp3) is 1.00. The number of rotatable bonds is 2. The van der Waals surface area contributed by atoms with Crippen molar-refractivity contribution in [3.63, 3.8) is 0 Å². The third kappa shape index (κ3) is 8.03. The first-order valence-corrected chi connectivity index (χ1v) is 3.98. The molecule has 0 unspecified atom stereocenters. The summed E-state index contributed by atoms with van der Waals surface area (Å²) >= 11 is 0. The highest BCUT2D eigenvalue weighted by Gasteiger charge is 2.39. The Kier molecular flexibility index (Phi) is 3.74. The van der Waals surface area contributed by atoms with Gasteiger partial charge in [-0.2, -0.15) is 0 Å². The van der Waals surface area contributed by atoms with Crippen LogP contribution in [0.15, 0.2) is 0 Å². The molecular formula is C3H3F6O2P. The summed E-state index contributed by atoms with van der Waals surface area (Å²) in [5.41, 5.74) is 0. The maximum absolute atomic E-state index is 11.2. The lowest BCUT2D eigenvalue weighted by Crippen LogP contribution is -2.15. The standard InChI is InChI=1S/C3H3F6O2P/c1-12(10-2(4,5)6)11-3(7,8)9/h1H3. The van der Waals surface area contributed by atoms with Gasteiger partial charge in [0.2, 0.25) is 0 Å². The summed E-state index contributed by atoms with van der Waals surface area (Å²) < 4.78 is 73.2. The lowest BCUT2D eigenvalue weighted by molar-refractivity contribution is -0.301. The van der Waals surface area contributed by atoms with Crippen LogP contribution in [-0.2, 0) is 9.05 Å². The Morgan fingerprint density at radius 2 is 1.08 bits per heavy atom. The van der Waals surface area contributed by atoms with E-state index < -0.39 is 21.1 Å². The second-order valence-electron chi connectivity index (χ2n) is 1.51. The summed E-state index contributed by atoms with van der Waals surface area (Å²) in [6, 6.07) is 0. The lowest BCUT2D eigenvalue weighted by Gasteiger charge is -2.15. The van der Waals surface area contributed by atoms with Crippen molar-refractivity contribution in [3.05, 3.63) is 0 Å². The second kappa shape index (κ2) is 3.76. The Hall–Kier alpha value is -0.0700. The van der Waals surface area contributed by atoms with Gasteiger partial charge in [0.1, 0.15) is 0 Å². The van der Waals surface area contributed by atoms with Gasteiger partial charge in [0.05, 0.1) is 0 Å². The van der Waals surface area contributed by atoms with E-state index in [9.17, 15) is 26.3 Å². The van der Waals surface area contributed by atoms with Crippen molar-refractivity contribution < 1.29 is 35.4 Å². The number of hydrogen-bond donors (Lipinski definition) is 0. The monoisotopic (exact) mass is 216 g/mol. The van der Waals surface area contributed by atoms with Crippen molar-refractivity contribution in [2.24, 2.45) is 0 Å². The van der Waals surface area contributed by atoms with E-state index in [0.29, 0.717) is 6.66 Å². The minimum absolute atomic E-state index is 0.552. The molecule has 9 heteroatoms. The fourth-order valence-electron chi connectivity index (χ4n) is 0.310. The Bertz CT molecular complexity index is 125. The van der Waals surface area contributed by atoms with Crippen LogP contribution < -0.4 is 0 Å². The van der Waals surface area contributed by atoms with Gasteiger partial charge in [0.25, 0.3) is 0 Å². The van der Waals surface area contributed by atoms with Crippen LogP contribution in [0.5, 0.6) is 0 Å². The van der Waals surface area contributed by atoms with Crippen LogP contribution in [0.2, 0.25) is 0 Å². The number of alkyl halides is 6. The van der Waals surface area contributed by atoms with Gasteiger partial charge in [0.15, 0.2) is 8.38 Å². The Morgan fingerprint density at radius 1 is 0.833 bits per heavy atom. The molecule has 0 saturated heterocycles. The van der Waals surface area contributed by atoms with Crippen LogP contribution in [0.4, 0.5) is 26.3 Å². The smallest absolute Gasteiger partial charge is 0.241 e. The molecule has 12 heavy (non-hydrogen) atoms. The molecule has 0 N–H and O–H groups in total. The summed E-state index contributed by atoms with van der Waals surface area (Å²) in [5, 5.41) is 0. The molecule has 0 amide bonds. The van der Waals surface area contributed by atoms with Crippen LogP contribution in [0, 0.1) is 0 Å². The molecule has 0 aromatic carbocycles. The minimum Gasteiger partial charge on any atom is -0.241 e. The molecular weight excluding hydrogens is 213 g/mol. The number of hydrogen-bond acceptors (Lipinski definition) is 2. The largest absolute Gasteiger partial charge is 0.527 e. The van der Waals surface area contributed by atoms with E-state index in [1.54, 1.807) is 0 Å². The zero-order chi connectivity index (χ0) is 9.99. The maximum atomic E-state index is 11.2. The van der Waals surface area contributed by atoms with Gasteiger partial charge in [-0.3, -0.25) is 0 Å². The maximum Gasteiger partial charge on any atom is 0.527 e. The summed E-state index contributed by atoms with van der Waals surface area (Å²) in [4.78, 5) is 0. The molecule has 0 fully saturated rings. The van der Waals surface area contributed by atoms with E-state index in [1.807, 2.05) is 0 Å². The molecule has 0 bridgehead atoms. The van der Waals surface area contributed by atoms with Gasteiger partial charge in [-0.05, 0) is 0 Å². The molecule has 0 heterocycles. The van der Waals surface area contributed by atoms with E-state index in [-0.39, 0.29) is 0 Å². The normalized spacial score (nSPS) is 14.0. The molecule has 0 atom stereocenters. The molecule has 0 rings (SSSR count). The quantitative estimate of drug-likeness (QED) is 0.521. The predicted molar refractivity (Wildman–Crippen MR) is 27.1 cm³/mol. The van der Waals surface area contributed by atoms with E-state index in [0.717, 1.165) is 0 Å². The molecule has 0 aliphatic rings. The Morgan fingerprint density at radius 3 is 1.25 bits per heavy atom. The van der Waals surface area contributed by atoms with Gasteiger partial charge >= 0.3 is 12.7 Å². The van der Waals surface area contributed by atoms with E-state index in [2.05, 4.69) is 9.05 Å². The van der Waals surface area contributed by atoms with Crippen molar-refractivity contribution >= 4 is 8.38 Å². The van der Waals surface area contributed by atoms with Gasteiger partial charge in [-0.25, -0.2) is 9.05 Å². The topological polar surface area (TPSA) is 18.5 Å². The van der Waals surface area contributed by atoms with Crippen molar-refractivity contribution in [1.29, 1.82) is 0 Å². The SMILES string of the molecule is CP(OC(F)(F)F)OC(F)(F)F. The van der Waals surface area contributed by atoms with Gasteiger partial charge in [-0.1, -0.05) is 0 Å². The molecule has 0 saturated carbocycles. The molecule has 0 aromatic heterocycles. The van der Waals surface area contributed by atoms with E-state index >= 15 is 0 Å². The van der Waals surface area contributed by atoms with Gasteiger partial charge in [0, 0.05) is 6.66 Å². The van der Waals surface area contributed by atoms with Gasteiger partial charge < -0.3 is 0 Å². The second-order valence-corrected chi connectivity index (χ2v) is 2.76. The first-order valence-electron chi connectivity index (χ1n) is 2.35. The molecule has 2 nitrogen and oxygen atoms in total. The molecule has 0 radical (unpaired) electrons.